The van der Waals surface area contributed by atoms with Crippen molar-refractivity contribution in [3.8, 4) is 0 Å². The maximum Gasteiger partial charge on any atom is 1.00 e. The molecule has 0 aromatic carbocycles. The molecule has 0 amide bonds. The van der Waals surface area contributed by atoms with Gasteiger partial charge in [0.25, 0.3) is 7.55 Å². The summed E-state index contributed by atoms with van der Waals surface area (Å²) in [4.78, 5) is 0. The molecular weight excluding hydrogens is 81.4 g/mol. The number of rotatable bonds is 0. The average molecular weight is 83.4 g/mol. The largest absolute Gasteiger partial charge is 1.00 e. The van der Waals surface area contributed by atoms with Crippen LogP contribution in [0, 0.1) is 0 Å². The Morgan fingerprint density at radius 3 is 1.86 bits per heavy atom. The van der Waals surface area contributed by atoms with Crippen LogP contribution in [0.1, 0.15) is 0 Å². The van der Waals surface area contributed by atoms with Gasteiger partial charge < -0.3 is 15.4 Å². The summed E-state index contributed by atoms with van der Waals surface area (Å²) in [5.74, 6) is 0. The molecule has 1 aliphatic heterocycles. The summed E-state index contributed by atoms with van der Waals surface area (Å²) in [7, 11) is 4.88. The zero-order valence-electron chi connectivity index (χ0n) is 4.18. The van der Waals surface area contributed by atoms with Gasteiger partial charge in [0.1, 0.15) is 0 Å². The maximum absolute atomic E-state index is 3.67. The summed E-state index contributed by atoms with van der Waals surface area (Å²) in [5, 5.41) is 9.12. The molecule has 0 spiro atoms. The fourth-order valence-electron chi connectivity index (χ4n) is 0.246. The summed E-state index contributed by atoms with van der Waals surface area (Å²) in [5.41, 5.74) is 0. The van der Waals surface area contributed by atoms with E-state index in [1.54, 1.807) is 22.6 Å². The molecular formula is H2B3LiN3. The minimum absolute atomic E-state index is 0. The van der Waals surface area contributed by atoms with Gasteiger partial charge in [-0.1, -0.05) is 0 Å². The first kappa shape index (κ1) is 7.67. The second kappa shape index (κ2) is 4.82. The van der Waals surface area contributed by atoms with E-state index < -0.39 is 0 Å². The molecule has 0 atom stereocenters. The Balaban J connectivity index is 0.000000360. The van der Waals surface area contributed by atoms with Crippen LogP contribution in [0.2, 0.25) is 0 Å². The molecule has 0 bridgehead atoms. The SMILES string of the molecule is [B]1[N-][B]N[B]N1.[Li+]. The monoisotopic (exact) mass is 84.1 g/mol. The zero-order chi connectivity index (χ0) is 4.24. The first-order valence-electron chi connectivity index (χ1n) is 1.67. The van der Waals surface area contributed by atoms with Gasteiger partial charge in [-0.3, -0.25) is 0 Å². The summed E-state index contributed by atoms with van der Waals surface area (Å²) in [6.07, 6.45) is 0. The van der Waals surface area contributed by atoms with Crippen LogP contribution in [-0.2, 0) is 0 Å². The molecule has 27 valence electrons. The van der Waals surface area contributed by atoms with E-state index in [1.165, 1.54) is 0 Å². The van der Waals surface area contributed by atoms with E-state index in [9.17, 15) is 0 Å². The molecule has 0 saturated carbocycles. The van der Waals surface area contributed by atoms with Crippen molar-refractivity contribution in [3.05, 3.63) is 5.14 Å². The summed E-state index contributed by atoms with van der Waals surface area (Å²) in [6.45, 7) is 0. The van der Waals surface area contributed by atoms with Crippen molar-refractivity contribution in [3.63, 3.8) is 0 Å². The van der Waals surface area contributed by atoms with Crippen LogP contribution < -0.4 is 29.1 Å². The van der Waals surface area contributed by atoms with Gasteiger partial charge >= 0.3 is 18.9 Å². The van der Waals surface area contributed by atoms with Crippen LogP contribution in [0.4, 0.5) is 0 Å². The van der Waals surface area contributed by atoms with E-state index in [0.29, 0.717) is 0 Å². The Bertz CT molecular complexity index is 25.7. The topological polar surface area (TPSA) is 38.2 Å². The van der Waals surface area contributed by atoms with E-state index in [-0.39, 0.29) is 18.9 Å². The third-order valence-corrected chi connectivity index (χ3v) is 0.465. The van der Waals surface area contributed by atoms with Crippen molar-refractivity contribution in [2.75, 3.05) is 0 Å². The molecule has 0 unspecified atom stereocenters. The van der Waals surface area contributed by atoms with E-state index in [2.05, 4.69) is 15.4 Å². The smallest absolute Gasteiger partial charge is 0.697 e. The third-order valence-electron chi connectivity index (χ3n) is 0.465. The van der Waals surface area contributed by atoms with E-state index in [4.69, 9.17) is 0 Å². The quantitative estimate of drug-likeness (QED) is 0.288. The van der Waals surface area contributed by atoms with Crippen molar-refractivity contribution in [1.82, 2.24) is 10.3 Å². The van der Waals surface area contributed by atoms with Crippen LogP contribution in [-0.4, -0.2) is 22.6 Å². The fraction of sp³-hybridized carbons (Fsp3) is 0. The summed E-state index contributed by atoms with van der Waals surface area (Å²) in [6, 6.07) is 0. The first-order valence-corrected chi connectivity index (χ1v) is 1.67. The second-order valence-electron chi connectivity index (χ2n) is 0.885. The number of nitrogens with zero attached hydrogens (tertiary/aromatic N) is 1. The molecule has 0 aromatic heterocycles. The Morgan fingerprint density at radius 1 is 1.14 bits per heavy atom. The predicted octanol–water partition coefficient (Wildman–Crippen LogP) is -4.84. The van der Waals surface area contributed by atoms with Crippen LogP contribution >= 0.6 is 0 Å². The summed E-state index contributed by atoms with van der Waals surface area (Å²) < 4.78 is 0. The number of nitrogens with one attached hydrogen (secondary N) is 2. The molecule has 0 aromatic rings. The van der Waals surface area contributed by atoms with Gasteiger partial charge in [0.2, 0.25) is 0 Å². The molecule has 1 aliphatic rings. The minimum Gasteiger partial charge on any atom is -0.697 e. The molecule has 3 radical (unpaired) electrons. The molecule has 7 heavy (non-hydrogen) atoms. The Morgan fingerprint density at radius 2 is 1.71 bits per heavy atom. The van der Waals surface area contributed by atoms with Crippen molar-refractivity contribution in [2.45, 2.75) is 0 Å². The van der Waals surface area contributed by atoms with Crippen molar-refractivity contribution in [2.24, 2.45) is 0 Å². The third kappa shape index (κ3) is 3.27. The molecule has 1 rings (SSSR count). The standard InChI is InChI=1S/B3H2N3.Li/c1-4-2-6-3-5-1;/h4-5H;/q-1;+1. The molecule has 7 heteroatoms. The van der Waals surface area contributed by atoms with Crippen molar-refractivity contribution >= 4 is 22.6 Å². The van der Waals surface area contributed by atoms with Crippen LogP contribution in [0.25, 0.3) is 5.14 Å². The molecule has 2 N–H and O–H groups in total. The number of hydrogen-bond donors (Lipinski definition) is 2. The molecule has 1 saturated heterocycles. The molecule has 1 heterocycles. The Labute approximate surface area is 57.4 Å². The normalized spacial score (nSPS) is 17.1. The molecule has 0 aliphatic carbocycles. The second-order valence-corrected chi connectivity index (χ2v) is 0.885. The summed E-state index contributed by atoms with van der Waals surface area (Å²) >= 11 is 0. The maximum atomic E-state index is 3.67. The van der Waals surface area contributed by atoms with Crippen LogP contribution in [0.3, 0.4) is 0 Å². The van der Waals surface area contributed by atoms with Crippen molar-refractivity contribution in [1.29, 1.82) is 0 Å². The van der Waals surface area contributed by atoms with Gasteiger partial charge in [-0.15, -0.1) is 0 Å². The zero-order valence-corrected chi connectivity index (χ0v) is 4.18. The van der Waals surface area contributed by atoms with Gasteiger partial charge in [0.05, 0.1) is 0 Å². The van der Waals surface area contributed by atoms with Crippen molar-refractivity contribution < 1.29 is 18.9 Å². The van der Waals surface area contributed by atoms with Crippen LogP contribution in [0.15, 0.2) is 0 Å². The Kier molecular flexibility index (Phi) is 5.29. The average Bonchev–Trinajstić information content (AvgIpc) is 1.72. The van der Waals surface area contributed by atoms with E-state index in [0.717, 1.165) is 0 Å². The fourth-order valence-corrected chi connectivity index (χ4v) is 0.246. The van der Waals surface area contributed by atoms with Gasteiger partial charge in [0, 0.05) is 15.1 Å². The Hall–Kier alpha value is 0.672. The first-order chi connectivity index (χ1) is 3.00. The van der Waals surface area contributed by atoms with Gasteiger partial charge in [-0.25, -0.2) is 0 Å². The minimum atomic E-state index is 0. The molecule has 1 fully saturated rings. The van der Waals surface area contributed by atoms with E-state index >= 15 is 0 Å². The molecule has 3 nitrogen and oxygen atoms in total. The van der Waals surface area contributed by atoms with Crippen LogP contribution in [0.5, 0.6) is 0 Å². The number of hydrogen-bond acceptors (Lipinski definition) is 2. The van der Waals surface area contributed by atoms with Gasteiger partial charge in [-0.2, -0.15) is 0 Å². The predicted molar refractivity (Wildman–Crippen MR) is 26.9 cm³/mol. The van der Waals surface area contributed by atoms with Gasteiger partial charge in [0.15, 0.2) is 0 Å². The van der Waals surface area contributed by atoms with E-state index in [1.807, 2.05) is 0 Å². The van der Waals surface area contributed by atoms with Gasteiger partial charge in [-0.05, 0) is 0 Å².